The molecule has 5 atom stereocenters. The molecule has 0 aromatic carbocycles. The van der Waals surface area contributed by atoms with E-state index in [4.69, 9.17) is 23.7 Å². The third-order valence-electron chi connectivity index (χ3n) is 3.78. The fourth-order valence-electron chi connectivity index (χ4n) is 3.02. The first kappa shape index (κ1) is 22.4. The molecule has 10 heteroatoms. The zero-order valence-corrected chi connectivity index (χ0v) is 15.9. The average Bonchev–Trinajstić information content (AvgIpc) is 2.79. The minimum atomic E-state index is -1.09. The van der Waals surface area contributed by atoms with Crippen molar-refractivity contribution in [3.8, 4) is 0 Å². The van der Waals surface area contributed by atoms with E-state index >= 15 is 0 Å². The van der Waals surface area contributed by atoms with Crippen LogP contribution in [0.1, 0.15) is 41.0 Å². The van der Waals surface area contributed by atoms with E-state index in [1.807, 2.05) is 0 Å². The monoisotopic (exact) mass is 388 g/mol. The van der Waals surface area contributed by atoms with Crippen LogP contribution in [-0.4, -0.2) is 60.9 Å². The maximum atomic E-state index is 11.6. The lowest BCUT2D eigenvalue weighted by molar-refractivity contribution is -0.180. The fourth-order valence-corrected chi connectivity index (χ4v) is 3.02. The van der Waals surface area contributed by atoms with Gasteiger partial charge in [0.25, 0.3) is 0 Å². The summed E-state index contributed by atoms with van der Waals surface area (Å²) in [5.41, 5.74) is 0. The Hall–Kier alpha value is -2.65. The first-order chi connectivity index (χ1) is 12.5. The van der Waals surface area contributed by atoms with Crippen LogP contribution in [0.3, 0.4) is 0 Å². The third-order valence-corrected chi connectivity index (χ3v) is 3.78. The number of hydrogen-bond acceptors (Lipinski definition) is 10. The minimum Gasteiger partial charge on any atom is -0.462 e. The van der Waals surface area contributed by atoms with E-state index in [0.717, 1.165) is 13.8 Å². The van der Waals surface area contributed by atoms with Crippen molar-refractivity contribution < 1.29 is 47.7 Å². The summed E-state index contributed by atoms with van der Waals surface area (Å²) in [4.78, 5) is 57.0. The van der Waals surface area contributed by atoms with Crippen molar-refractivity contribution in [2.75, 3.05) is 6.61 Å². The van der Waals surface area contributed by atoms with Crippen molar-refractivity contribution in [3.63, 3.8) is 0 Å². The number of esters is 5. The van der Waals surface area contributed by atoms with Crippen LogP contribution in [0.5, 0.6) is 0 Å². The van der Waals surface area contributed by atoms with Crippen molar-refractivity contribution in [2.24, 2.45) is 5.92 Å². The molecule has 0 aromatic heterocycles. The molecule has 1 aliphatic carbocycles. The van der Waals surface area contributed by atoms with Gasteiger partial charge >= 0.3 is 29.8 Å². The second-order valence-corrected chi connectivity index (χ2v) is 6.15. The molecule has 1 rings (SSSR count). The van der Waals surface area contributed by atoms with E-state index in [-0.39, 0.29) is 13.0 Å². The molecule has 1 aliphatic rings. The van der Waals surface area contributed by atoms with Gasteiger partial charge in [-0.25, -0.2) is 0 Å². The average molecular weight is 388 g/mol. The zero-order valence-electron chi connectivity index (χ0n) is 15.9. The Morgan fingerprint density at radius 2 is 1.26 bits per heavy atom. The molecule has 27 heavy (non-hydrogen) atoms. The normalized spacial score (nSPS) is 25.1. The molecule has 0 bridgehead atoms. The van der Waals surface area contributed by atoms with E-state index in [1.54, 1.807) is 0 Å². The standard InChI is InChI=1S/C17H24O10/c1-8(18)23-7-15(25-10(3)20)13-6-14(24-9(2)19)17(27-12(5)22)16(13)26-11(4)21/h13-17H,6-7H2,1-5H3/t13-,14+,15-,16+,17+/m0/s1. The zero-order chi connectivity index (χ0) is 20.7. The summed E-state index contributed by atoms with van der Waals surface area (Å²) in [6, 6.07) is 0. The van der Waals surface area contributed by atoms with Crippen LogP contribution >= 0.6 is 0 Å². The number of rotatable bonds is 7. The Bertz CT molecular complexity index is 599. The van der Waals surface area contributed by atoms with Gasteiger partial charge in [-0.15, -0.1) is 0 Å². The number of ether oxygens (including phenoxy) is 5. The van der Waals surface area contributed by atoms with Crippen molar-refractivity contribution in [3.05, 3.63) is 0 Å². The quantitative estimate of drug-likeness (QED) is 0.443. The highest BCUT2D eigenvalue weighted by atomic mass is 16.6. The Morgan fingerprint density at radius 3 is 1.70 bits per heavy atom. The largest absolute Gasteiger partial charge is 0.462 e. The molecule has 0 saturated heterocycles. The van der Waals surface area contributed by atoms with E-state index in [9.17, 15) is 24.0 Å². The molecule has 0 heterocycles. The SMILES string of the molecule is CC(=O)OC[C@H](OC(C)=O)[C@@H]1C[C@@H](OC(C)=O)[C@@H](OC(C)=O)[C@@H]1OC(C)=O. The Labute approximate surface area is 156 Å². The van der Waals surface area contributed by atoms with Gasteiger partial charge in [0.05, 0.1) is 0 Å². The predicted molar refractivity (Wildman–Crippen MR) is 87.0 cm³/mol. The molecule has 0 aromatic rings. The van der Waals surface area contributed by atoms with Crippen molar-refractivity contribution >= 4 is 29.8 Å². The van der Waals surface area contributed by atoms with E-state index < -0.39 is 60.2 Å². The summed E-state index contributed by atoms with van der Waals surface area (Å²) in [6.07, 6.45) is -3.99. The highest BCUT2D eigenvalue weighted by Crippen LogP contribution is 2.37. The summed E-state index contributed by atoms with van der Waals surface area (Å²) >= 11 is 0. The van der Waals surface area contributed by atoms with Gasteiger partial charge in [-0.05, 0) is 6.42 Å². The second-order valence-electron chi connectivity index (χ2n) is 6.15. The molecule has 0 spiro atoms. The highest BCUT2D eigenvalue weighted by molar-refractivity contribution is 5.69. The van der Waals surface area contributed by atoms with E-state index in [1.165, 1.54) is 20.8 Å². The molecule has 1 fully saturated rings. The molecule has 0 amide bonds. The molecular formula is C17H24O10. The van der Waals surface area contributed by atoms with Gasteiger partial charge in [-0.3, -0.25) is 24.0 Å². The lowest BCUT2D eigenvalue weighted by atomic mass is 9.98. The van der Waals surface area contributed by atoms with Crippen molar-refractivity contribution in [2.45, 2.75) is 65.5 Å². The van der Waals surface area contributed by atoms with Crippen LogP contribution in [0.15, 0.2) is 0 Å². The molecule has 0 aliphatic heterocycles. The van der Waals surface area contributed by atoms with Gasteiger partial charge in [0, 0.05) is 40.5 Å². The predicted octanol–water partition coefficient (Wildman–Crippen LogP) is 0.296. The molecular weight excluding hydrogens is 364 g/mol. The maximum Gasteiger partial charge on any atom is 0.303 e. The third kappa shape index (κ3) is 7.24. The summed E-state index contributed by atoms with van der Waals surface area (Å²) in [5.74, 6) is -3.93. The Balaban J connectivity index is 3.20. The second kappa shape index (κ2) is 9.89. The van der Waals surface area contributed by atoms with Gasteiger partial charge < -0.3 is 23.7 Å². The fraction of sp³-hybridized carbons (Fsp3) is 0.706. The van der Waals surface area contributed by atoms with Gasteiger partial charge in [-0.2, -0.15) is 0 Å². The topological polar surface area (TPSA) is 132 Å². The van der Waals surface area contributed by atoms with Crippen molar-refractivity contribution in [1.82, 2.24) is 0 Å². The van der Waals surface area contributed by atoms with Crippen LogP contribution in [0.4, 0.5) is 0 Å². The van der Waals surface area contributed by atoms with Gasteiger partial charge in [0.1, 0.15) is 24.9 Å². The molecule has 10 nitrogen and oxygen atoms in total. The molecule has 0 N–H and O–H groups in total. The molecule has 1 saturated carbocycles. The smallest absolute Gasteiger partial charge is 0.303 e. The van der Waals surface area contributed by atoms with Crippen LogP contribution in [0, 0.1) is 5.92 Å². The summed E-state index contributed by atoms with van der Waals surface area (Å²) in [7, 11) is 0. The lowest BCUT2D eigenvalue weighted by Crippen LogP contribution is -2.43. The van der Waals surface area contributed by atoms with Crippen LogP contribution in [-0.2, 0) is 47.7 Å². The van der Waals surface area contributed by atoms with Crippen LogP contribution in [0.2, 0.25) is 0 Å². The maximum absolute atomic E-state index is 11.6. The lowest BCUT2D eigenvalue weighted by Gasteiger charge is -2.29. The van der Waals surface area contributed by atoms with E-state index in [0.29, 0.717) is 0 Å². The summed E-state index contributed by atoms with van der Waals surface area (Å²) in [5, 5.41) is 0. The molecule has 0 unspecified atom stereocenters. The minimum absolute atomic E-state index is 0.0642. The molecule has 0 radical (unpaired) electrons. The first-order valence-electron chi connectivity index (χ1n) is 8.33. The number of carbonyl (C=O) groups is 5. The van der Waals surface area contributed by atoms with E-state index in [2.05, 4.69) is 0 Å². The highest BCUT2D eigenvalue weighted by Gasteiger charge is 2.53. The number of hydrogen-bond donors (Lipinski definition) is 0. The van der Waals surface area contributed by atoms with Gasteiger partial charge in [-0.1, -0.05) is 0 Å². The molecule has 152 valence electrons. The Morgan fingerprint density at radius 1 is 0.741 bits per heavy atom. The van der Waals surface area contributed by atoms with Crippen LogP contribution < -0.4 is 0 Å². The van der Waals surface area contributed by atoms with Gasteiger partial charge in [0.2, 0.25) is 0 Å². The van der Waals surface area contributed by atoms with Gasteiger partial charge in [0.15, 0.2) is 6.10 Å². The van der Waals surface area contributed by atoms with Crippen LogP contribution in [0.25, 0.3) is 0 Å². The summed E-state index contributed by atoms with van der Waals surface area (Å²) < 4.78 is 25.8. The number of carbonyl (C=O) groups excluding carboxylic acids is 5. The summed E-state index contributed by atoms with van der Waals surface area (Å²) in [6.45, 7) is 5.56. The Kier molecular flexibility index (Phi) is 8.20. The van der Waals surface area contributed by atoms with Crippen molar-refractivity contribution in [1.29, 1.82) is 0 Å². The first-order valence-corrected chi connectivity index (χ1v) is 8.33.